The molecule has 1 saturated carbocycles. The highest BCUT2D eigenvalue weighted by Gasteiger charge is 2.39. The van der Waals surface area contributed by atoms with Crippen molar-refractivity contribution < 1.29 is 4.52 Å². The molecule has 0 saturated heterocycles. The molecule has 0 radical (unpaired) electrons. The first-order chi connectivity index (χ1) is 6.27. The highest BCUT2D eigenvalue weighted by molar-refractivity contribution is 5.17. The largest absolute Gasteiger partial charge is 0.365 e. The number of nitrogens with zero attached hydrogens (tertiary/aromatic N) is 2. The van der Waals surface area contributed by atoms with Crippen molar-refractivity contribution in [3.63, 3.8) is 0 Å². The molecule has 13 heavy (non-hydrogen) atoms. The maximum atomic E-state index is 5.74. The van der Waals surface area contributed by atoms with E-state index in [-0.39, 0.29) is 11.4 Å². The Balaban J connectivity index is 2.30. The molecule has 1 heterocycles. The molecule has 0 amide bonds. The molecule has 5 heteroatoms. The second-order valence-corrected chi connectivity index (χ2v) is 3.65. The Bertz CT molecular complexity index is 290. The summed E-state index contributed by atoms with van der Waals surface area (Å²) in [5.41, 5.74) is 11.1. The van der Waals surface area contributed by atoms with Crippen molar-refractivity contribution in [1.82, 2.24) is 10.1 Å². The van der Waals surface area contributed by atoms with Gasteiger partial charge in [0.1, 0.15) is 0 Å². The number of anilines is 1. The molecule has 1 aliphatic rings. The molecular formula is C8H14N4O. The summed E-state index contributed by atoms with van der Waals surface area (Å²) in [7, 11) is 0. The van der Waals surface area contributed by atoms with Gasteiger partial charge in [-0.3, -0.25) is 0 Å². The highest BCUT2D eigenvalue weighted by atomic mass is 16.5. The van der Waals surface area contributed by atoms with E-state index in [1.165, 1.54) is 12.8 Å². The van der Waals surface area contributed by atoms with Gasteiger partial charge < -0.3 is 16.0 Å². The van der Waals surface area contributed by atoms with Crippen LogP contribution in [0.15, 0.2) is 4.52 Å². The fourth-order valence-corrected chi connectivity index (χ4v) is 2.01. The average molecular weight is 182 g/mol. The van der Waals surface area contributed by atoms with E-state index < -0.39 is 0 Å². The maximum absolute atomic E-state index is 5.74. The lowest BCUT2D eigenvalue weighted by Gasteiger charge is -2.21. The summed E-state index contributed by atoms with van der Waals surface area (Å²) in [5.74, 6) is 0.819. The normalized spacial score (nSPS) is 20.7. The number of nitrogen functional groups attached to an aromatic ring is 1. The molecule has 0 bridgehead atoms. The van der Waals surface area contributed by atoms with Gasteiger partial charge in [0, 0.05) is 6.54 Å². The molecule has 2 rings (SSSR count). The van der Waals surface area contributed by atoms with Crippen molar-refractivity contribution in [3.8, 4) is 0 Å². The van der Waals surface area contributed by atoms with E-state index in [0.717, 1.165) is 12.8 Å². The molecule has 1 aliphatic carbocycles. The van der Waals surface area contributed by atoms with Crippen LogP contribution in [-0.4, -0.2) is 16.7 Å². The van der Waals surface area contributed by atoms with Crippen LogP contribution in [0.2, 0.25) is 0 Å². The molecule has 1 aromatic heterocycles. The smallest absolute Gasteiger partial charge is 0.260 e. The lowest BCUT2D eigenvalue weighted by atomic mass is 9.86. The summed E-state index contributed by atoms with van der Waals surface area (Å²) >= 11 is 0. The van der Waals surface area contributed by atoms with Crippen LogP contribution in [0.3, 0.4) is 0 Å². The van der Waals surface area contributed by atoms with Crippen LogP contribution < -0.4 is 11.5 Å². The van der Waals surface area contributed by atoms with Crippen LogP contribution in [0, 0.1) is 0 Å². The van der Waals surface area contributed by atoms with E-state index in [2.05, 4.69) is 10.1 Å². The number of aromatic nitrogens is 2. The minimum absolute atomic E-state index is 0.0926. The van der Waals surface area contributed by atoms with Crippen molar-refractivity contribution in [3.05, 3.63) is 5.89 Å². The van der Waals surface area contributed by atoms with Crippen LogP contribution in [-0.2, 0) is 5.41 Å². The minimum Gasteiger partial charge on any atom is -0.365 e. The third-order valence-electron chi connectivity index (χ3n) is 2.85. The van der Waals surface area contributed by atoms with E-state index in [9.17, 15) is 0 Å². The molecule has 5 nitrogen and oxygen atoms in total. The molecule has 1 fully saturated rings. The zero-order valence-corrected chi connectivity index (χ0v) is 7.49. The Labute approximate surface area is 76.5 Å². The van der Waals surface area contributed by atoms with E-state index in [1.807, 2.05) is 0 Å². The lowest BCUT2D eigenvalue weighted by Crippen LogP contribution is -2.32. The highest BCUT2D eigenvalue weighted by Crippen LogP contribution is 2.39. The van der Waals surface area contributed by atoms with Crippen LogP contribution in [0.25, 0.3) is 0 Å². The topological polar surface area (TPSA) is 91.0 Å². The van der Waals surface area contributed by atoms with E-state index >= 15 is 0 Å². The Kier molecular flexibility index (Phi) is 1.95. The van der Waals surface area contributed by atoms with Gasteiger partial charge >= 0.3 is 0 Å². The molecule has 0 spiro atoms. The van der Waals surface area contributed by atoms with Crippen molar-refractivity contribution in [2.24, 2.45) is 5.73 Å². The number of nitrogens with two attached hydrogens (primary N) is 2. The third-order valence-corrected chi connectivity index (χ3v) is 2.85. The van der Waals surface area contributed by atoms with Crippen LogP contribution in [0.5, 0.6) is 0 Å². The van der Waals surface area contributed by atoms with Crippen molar-refractivity contribution in [1.29, 1.82) is 0 Å². The minimum atomic E-state index is -0.0926. The summed E-state index contributed by atoms with van der Waals surface area (Å²) in [5, 5.41) is 3.59. The second-order valence-electron chi connectivity index (χ2n) is 3.65. The van der Waals surface area contributed by atoms with Gasteiger partial charge in [-0.2, -0.15) is 4.98 Å². The first-order valence-corrected chi connectivity index (χ1v) is 4.57. The fraction of sp³-hybridized carbons (Fsp3) is 0.750. The Morgan fingerprint density at radius 1 is 1.38 bits per heavy atom. The van der Waals surface area contributed by atoms with Gasteiger partial charge in [0.15, 0.2) is 0 Å². The van der Waals surface area contributed by atoms with Gasteiger partial charge in [-0.15, -0.1) is 0 Å². The number of hydrogen-bond acceptors (Lipinski definition) is 5. The Morgan fingerprint density at radius 3 is 2.54 bits per heavy atom. The molecule has 4 N–H and O–H groups in total. The third kappa shape index (κ3) is 1.29. The number of rotatable bonds is 2. The molecule has 72 valence electrons. The first-order valence-electron chi connectivity index (χ1n) is 4.57. The van der Waals surface area contributed by atoms with Crippen LogP contribution >= 0.6 is 0 Å². The Hall–Kier alpha value is -1.10. The quantitative estimate of drug-likeness (QED) is 0.691. The van der Waals surface area contributed by atoms with E-state index in [0.29, 0.717) is 12.4 Å². The van der Waals surface area contributed by atoms with Gasteiger partial charge in [0.2, 0.25) is 5.89 Å². The predicted molar refractivity (Wildman–Crippen MR) is 47.9 cm³/mol. The lowest BCUT2D eigenvalue weighted by molar-refractivity contribution is 0.285. The van der Waals surface area contributed by atoms with Crippen molar-refractivity contribution in [2.75, 3.05) is 12.3 Å². The fourth-order valence-electron chi connectivity index (χ4n) is 2.01. The summed E-state index contributed by atoms with van der Waals surface area (Å²) < 4.78 is 5.08. The summed E-state index contributed by atoms with van der Waals surface area (Å²) in [4.78, 5) is 4.06. The molecule has 0 aromatic carbocycles. The van der Waals surface area contributed by atoms with Gasteiger partial charge in [-0.1, -0.05) is 12.8 Å². The first kappa shape index (κ1) is 8.50. The molecule has 1 aromatic rings. The zero-order valence-electron chi connectivity index (χ0n) is 7.49. The van der Waals surface area contributed by atoms with Crippen LogP contribution in [0.1, 0.15) is 31.6 Å². The van der Waals surface area contributed by atoms with E-state index in [1.54, 1.807) is 0 Å². The van der Waals surface area contributed by atoms with Crippen molar-refractivity contribution >= 4 is 5.95 Å². The predicted octanol–water partition coefficient (Wildman–Crippen LogP) is 0.422. The van der Waals surface area contributed by atoms with Crippen LogP contribution in [0.4, 0.5) is 5.95 Å². The number of hydrogen-bond donors (Lipinski definition) is 2. The maximum Gasteiger partial charge on any atom is 0.260 e. The molecule has 0 aliphatic heterocycles. The molecular weight excluding hydrogens is 168 g/mol. The van der Waals surface area contributed by atoms with Gasteiger partial charge in [0.05, 0.1) is 5.41 Å². The van der Waals surface area contributed by atoms with Gasteiger partial charge in [0.25, 0.3) is 5.95 Å². The van der Waals surface area contributed by atoms with E-state index in [4.69, 9.17) is 16.0 Å². The van der Waals surface area contributed by atoms with Gasteiger partial charge in [-0.25, -0.2) is 0 Å². The second kappa shape index (κ2) is 2.99. The summed E-state index contributed by atoms with van der Waals surface area (Å²) in [6.45, 7) is 0.564. The standard InChI is InChI=1S/C8H14N4O/c9-5-8(3-1-2-4-8)6-11-7(10)12-13-6/h1-5,9H2,(H2,10,12). The molecule has 0 unspecified atom stereocenters. The van der Waals surface area contributed by atoms with Crippen molar-refractivity contribution in [2.45, 2.75) is 31.1 Å². The summed E-state index contributed by atoms with van der Waals surface area (Å²) in [6.07, 6.45) is 4.43. The summed E-state index contributed by atoms with van der Waals surface area (Å²) in [6, 6.07) is 0. The monoisotopic (exact) mass is 182 g/mol. The Morgan fingerprint density at radius 2 is 2.08 bits per heavy atom. The average Bonchev–Trinajstić information content (AvgIpc) is 2.73. The van der Waals surface area contributed by atoms with Gasteiger partial charge in [-0.05, 0) is 18.0 Å². The SMILES string of the molecule is NCC1(c2nc(N)no2)CCCC1. The molecule has 0 atom stereocenters. The zero-order chi connectivity index (χ0) is 9.31.